The van der Waals surface area contributed by atoms with Crippen LogP contribution in [-0.2, 0) is 19.7 Å². The van der Waals surface area contributed by atoms with Gasteiger partial charge in [0.25, 0.3) is 0 Å². The van der Waals surface area contributed by atoms with Gasteiger partial charge in [-0.05, 0) is 24.1 Å². The quantitative estimate of drug-likeness (QED) is 0.871. The van der Waals surface area contributed by atoms with Gasteiger partial charge in [-0.2, -0.15) is 0 Å². The molecule has 0 radical (unpaired) electrons. The number of hydrogen-bond donors (Lipinski definition) is 1. The lowest BCUT2D eigenvalue weighted by atomic mass is 10.2. The van der Waals surface area contributed by atoms with Crippen LogP contribution in [0, 0.1) is 5.82 Å². The molecule has 0 fully saturated rings. The molecule has 0 saturated carbocycles. The molecule has 0 aliphatic rings. The number of aryl methyl sites for hydroxylation is 1. The van der Waals surface area contributed by atoms with E-state index < -0.39 is 0 Å². The summed E-state index contributed by atoms with van der Waals surface area (Å²) in [7, 11) is 0. The first-order valence-electron chi connectivity index (χ1n) is 6.34. The summed E-state index contributed by atoms with van der Waals surface area (Å²) in [5.41, 5.74) is 7.20. The van der Waals surface area contributed by atoms with Gasteiger partial charge in [0.15, 0.2) is 0 Å². The highest BCUT2D eigenvalue weighted by molar-refractivity contribution is 5.29. The molecule has 0 aliphatic heterocycles. The zero-order chi connectivity index (χ0) is 13.7. The molecule has 2 N–H and O–H groups in total. The number of imidazole rings is 1. The highest BCUT2D eigenvalue weighted by Crippen LogP contribution is 2.17. The second-order valence-electron chi connectivity index (χ2n) is 4.37. The molecule has 0 spiro atoms. The van der Waals surface area contributed by atoms with E-state index in [1.165, 1.54) is 12.1 Å². The number of nitrogens with zero attached hydrogens (tertiary/aromatic N) is 2. The smallest absolute Gasteiger partial charge is 0.130 e. The van der Waals surface area contributed by atoms with Crippen molar-refractivity contribution < 1.29 is 9.13 Å². The summed E-state index contributed by atoms with van der Waals surface area (Å²) in [5.74, 6) is 0.157. The third kappa shape index (κ3) is 3.54. The van der Waals surface area contributed by atoms with Crippen LogP contribution in [0.2, 0.25) is 0 Å². The summed E-state index contributed by atoms with van der Waals surface area (Å²) in [6.07, 6.45) is 4.57. The maximum Gasteiger partial charge on any atom is 0.130 e. The molecule has 0 amide bonds. The Morgan fingerprint density at radius 2 is 2.21 bits per heavy atom. The number of halogens is 1. The van der Waals surface area contributed by atoms with Crippen LogP contribution < -0.4 is 10.5 Å². The van der Waals surface area contributed by atoms with E-state index in [0.29, 0.717) is 18.9 Å². The number of hydrogen-bond acceptors (Lipinski definition) is 3. The second-order valence-corrected chi connectivity index (χ2v) is 4.37. The van der Waals surface area contributed by atoms with E-state index in [-0.39, 0.29) is 5.82 Å². The Kier molecular flexibility index (Phi) is 4.52. The van der Waals surface area contributed by atoms with Crippen LogP contribution in [0.25, 0.3) is 0 Å². The maximum atomic E-state index is 13.3. The lowest BCUT2D eigenvalue weighted by Crippen LogP contribution is -2.05. The minimum Gasteiger partial charge on any atom is -0.487 e. The van der Waals surface area contributed by atoms with Crippen molar-refractivity contribution in [2.75, 3.05) is 0 Å². The molecule has 2 aromatic rings. The van der Waals surface area contributed by atoms with E-state index in [1.54, 1.807) is 18.6 Å². The fourth-order valence-corrected chi connectivity index (χ4v) is 1.89. The van der Waals surface area contributed by atoms with Gasteiger partial charge in [-0.1, -0.05) is 6.92 Å². The van der Waals surface area contributed by atoms with Gasteiger partial charge in [0, 0.05) is 19.2 Å². The minimum atomic E-state index is -0.333. The third-order valence-electron chi connectivity index (χ3n) is 2.82. The molecule has 1 aromatic carbocycles. The van der Waals surface area contributed by atoms with Crippen LogP contribution in [0.5, 0.6) is 5.75 Å². The molecule has 102 valence electrons. The maximum absolute atomic E-state index is 13.3. The van der Waals surface area contributed by atoms with Crippen molar-refractivity contribution in [2.45, 2.75) is 33.0 Å². The summed E-state index contributed by atoms with van der Waals surface area (Å²) in [6, 6.07) is 4.53. The number of rotatable bonds is 6. The van der Waals surface area contributed by atoms with E-state index in [0.717, 1.165) is 24.2 Å². The monoisotopic (exact) mass is 263 g/mol. The Morgan fingerprint density at radius 1 is 1.37 bits per heavy atom. The van der Waals surface area contributed by atoms with Crippen molar-refractivity contribution in [2.24, 2.45) is 5.73 Å². The van der Waals surface area contributed by atoms with Crippen LogP contribution in [0.3, 0.4) is 0 Å². The number of benzene rings is 1. The summed E-state index contributed by atoms with van der Waals surface area (Å²) in [4.78, 5) is 4.09. The van der Waals surface area contributed by atoms with Crippen molar-refractivity contribution in [1.29, 1.82) is 0 Å². The molecule has 0 saturated heterocycles. The Bertz CT molecular complexity index is 539. The van der Waals surface area contributed by atoms with Crippen LogP contribution in [0.1, 0.15) is 24.6 Å². The number of ether oxygens (including phenoxy) is 1. The topological polar surface area (TPSA) is 53.1 Å². The van der Waals surface area contributed by atoms with Crippen LogP contribution >= 0.6 is 0 Å². The fourth-order valence-electron chi connectivity index (χ4n) is 1.89. The number of aromatic nitrogens is 2. The standard InChI is InChI=1S/C14H18FN3O/c1-2-3-18-10-17-8-13(18)9-19-14-5-11(7-16)4-12(15)6-14/h4-6,8,10H,2-3,7,9,16H2,1H3. The van der Waals surface area contributed by atoms with Crippen molar-refractivity contribution in [3.63, 3.8) is 0 Å². The molecule has 4 nitrogen and oxygen atoms in total. The lowest BCUT2D eigenvalue weighted by molar-refractivity contribution is 0.293. The predicted molar refractivity (Wildman–Crippen MR) is 71.1 cm³/mol. The first kappa shape index (κ1) is 13.5. The molecule has 19 heavy (non-hydrogen) atoms. The molecule has 0 atom stereocenters. The van der Waals surface area contributed by atoms with E-state index in [2.05, 4.69) is 11.9 Å². The van der Waals surface area contributed by atoms with Crippen molar-refractivity contribution >= 4 is 0 Å². The molecule has 2 rings (SSSR count). The Balaban J connectivity index is 2.05. The van der Waals surface area contributed by atoms with Gasteiger partial charge in [0.2, 0.25) is 0 Å². The third-order valence-corrected chi connectivity index (χ3v) is 2.82. The van der Waals surface area contributed by atoms with Crippen LogP contribution in [0.4, 0.5) is 4.39 Å². The van der Waals surface area contributed by atoms with Crippen molar-refractivity contribution in [1.82, 2.24) is 9.55 Å². The molecule has 0 unspecified atom stereocenters. The first-order chi connectivity index (χ1) is 9.22. The van der Waals surface area contributed by atoms with E-state index in [9.17, 15) is 4.39 Å². The van der Waals surface area contributed by atoms with Crippen LogP contribution in [0.15, 0.2) is 30.7 Å². The Hall–Kier alpha value is -1.88. The Labute approximate surface area is 112 Å². The fraction of sp³-hybridized carbons (Fsp3) is 0.357. The summed E-state index contributed by atoms with van der Waals surface area (Å²) < 4.78 is 21.0. The molecule has 5 heteroatoms. The van der Waals surface area contributed by atoms with Gasteiger partial charge in [-0.25, -0.2) is 9.37 Å². The lowest BCUT2D eigenvalue weighted by Gasteiger charge is -2.10. The molecular weight excluding hydrogens is 245 g/mol. The Morgan fingerprint density at radius 3 is 2.95 bits per heavy atom. The van der Waals surface area contributed by atoms with Gasteiger partial charge in [0.1, 0.15) is 18.2 Å². The zero-order valence-electron chi connectivity index (χ0n) is 11.0. The molecule has 0 aliphatic carbocycles. The van der Waals surface area contributed by atoms with Gasteiger partial charge in [-0.15, -0.1) is 0 Å². The summed E-state index contributed by atoms with van der Waals surface area (Å²) in [5, 5.41) is 0. The van der Waals surface area contributed by atoms with Gasteiger partial charge >= 0.3 is 0 Å². The number of nitrogens with two attached hydrogens (primary N) is 1. The average molecular weight is 263 g/mol. The van der Waals surface area contributed by atoms with Crippen molar-refractivity contribution in [3.8, 4) is 5.75 Å². The SMILES string of the molecule is CCCn1cncc1COc1cc(F)cc(CN)c1. The van der Waals surface area contributed by atoms with E-state index in [1.807, 2.05) is 4.57 Å². The summed E-state index contributed by atoms with van der Waals surface area (Å²) in [6.45, 7) is 3.66. The highest BCUT2D eigenvalue weighted by Gasteiger charge is 2.05. The second kappa shape index (κ2) is 6.33. The predicted octanol–water partition coefficient (Wildman–Crippen LogP) is 2.47. The molecule has 0 bridgehead atoms. The van der Waals surface area contributed by atoms with Gasteiger partial charge in [-0.3, -0.25) is 0 Å². The minimum absolute atomic E-state index is 0.294. The van der Waals surface area contributed by atoms with Gasteiger partial charge in [0.05, 0.1) is 18.2 Å². The highest BCUT2D eigenvalue weighted by atomic mass is 19.1. The largest absolute Gasteiger partial charge is 0.487 e. The molecule has 1 aromatic heterocycles. The van der Waals surface area contributed by atoms with Crippen molar-refractivity contribution in [3.05, 3.63) is 47.8 Å². The van der Waals surface area contributed by atoms with Crippen LogP contribution in [-0.4, -0.2) is 9.55 Å². The normalized spacial score (nSPS) is 10.7. The molecular formula is C14H18FN3O. The molecule has 1 heterocycles. The van der Waals surface area contributed by atoms with E-state index in [4.69, 9.17) is 10.5 Å². The average Bonchev–Trinajstić information content (AvgIpc) is 2.83. The van der Waals surface area contributed by atoms with E-state index >= 15 is 0 Å². The van der Waals surface area contributed by atoms with Gasteiger partial charge < -0.3 is 15.0 Å². The first-order valence-corrected chi connectivity index (χ1v) is 6.34. The zero-order valence-corrected chi connectivity index (χ0v) is 11.0. The summed E-state index contributed by atoms with van der Waals surface area (Å²) >= 11 is 0.